The molecule has 0 saturated carbocycles. The van der Waals surface area contributed by atoms with Crippen LogP contribution >= 0.6 is 12.2 Å². The fourth-order valence-electron chi connectivity index (χ4n) is 2.60. The monoisotopic (exact) mass is 306 g/mol. The van der Waals surface area contributed by atoms with Gasteiger partial charge in [-0.2, -0.15) is 5.10 Å². The van der Waals surface area contributed by atoms with Crippen LogP contribution in [0.1, 0.15) is 31.3 Å². The average molecular weight is 306 g/mol. The highest BCUT2D eigenvalue weighted by atomic mass is 32.1. The fraction of sp³-hybridized carbons (Fsp3) is 0.467. The van der Waals surface area contributed by atoms with Gasteiger partial charge >= 0.3 is 0 Å². The first-order valence-electron chi connectivity index (χ1n) is 7.25. The molecule has 0 amide bonds. The van der Waals surface area contributed by atoms with Crippen molar-refractivity contribution in [3.05, 3.63) is 46.5 Å². The van der Waals surface area contributed by atoms with E-state index in [1.165, 1.54) is 5.56 Å². The molecule has 0 aliphatic heterocycles. The van der Waals surface area contributed by atoms with Crippen LogP contribution in [0, 0.1) is 4.77 Å². The van der Waals surface area contributed by atoms with Gasteiger partial charge in [-0.05, 0) is 30.9 Å². The minimum absolute atomic E-state index is 0.118. The molecule has 0 radical (unpaired) electrons. The third-order valence-corrected chi connectivity index (χ3v) is 4.08. The summed E-state index contributed by atoms with van der Waals surface area (Å²) in [6, 6.07) is 10.6. The lowest BCUT2D eigenvalue weighted by Gasteiger charge is -2.30. The summed E-state index contributed by atoms with van der Waals surface area (Å²) >= 11 is 5.28. The van der Waals surface area contributed by atoms with E-state index in [2.05, 4.69) is 41.1 Å². The van der Waals surface area contributed by atoms with Gasteiger partial charge in [0.15, 0.2) is 10.6 Å². The molecule has 1 heterocycles. The second-order valence-electron chi connectivity index (χ2n) is 4.86. The van der Waals surface area contributed by atoms with E-state index in [9.17, 15) is 5.11 Å². The Bertz CT molecular complexity index is 604. The molecule has 0 fully saturated rings. The van der Waals surface area contributed by atoms with Crippen molar-refractivity contribution in [2.45, 2.75) is 33.0 Å². The summed E-state index contributed by atoms with van der Waals surface area (Å²) in [6.07, 6.45) is 0. The molecular weight excluding hydrogens is 284 g/mol. The Labute approximate surface area is 130 Å². The molecule has 0 aliphatic carbocycles. The van der Waals surface area contributed by atoms with Crippen LogP contribution in [0.3, 0.4) is 0 Å². The van der Waals surface area contributed by atoms with Gasteiger partial charge in [-0.25, -0.2) is 0 Å². The minimum atomic E-state index is -0.118. The Morgan fingerprint density at radius 1 is 1.29 bits per heavy atom. The molecule has 6 heteroatoms. The van der Waals surface area contributed by atoms with E-state index in [1.807, 2.05) is 22.8 Å². The number of rotatable bonds is 7. The van der Waals surface area contributed by atoms with E-state index in [1.54, 1.807) is 0 Å². The van der Waals surface area contributed by atoms with Crippen LogP contribution in [0.4, 0.5) is 0 Å². The van der Waals surface area contributed by atoms with Crippen LogP contribution in [0.5, 0.6) is 0 Å². The molecule has 1 aromatic carbocycles. The van der Waals surface area contributed by atoms with Gasteiger partial charge in [0.05, 0.1) is 6.04 Å². The molecule has 1 aromatic heterocycles. The van der Waals surface area contributed by atoms with Crippen molar-refractivity contribution >= 4 is 12.2 Å². The molecule has 0 spiro atoms. The maximum absolute atomic E-state index is 9.40. The highest BCUT2D eigenvalue weighted by molar-refractivity contribution is 7.71. The van der Waals surface area contributed by atoms with Gasteiger partial charge in [-0.15, -0.1) is 0 Å². The SMILES string of the molecule is CCN(CC)C(Cn1c(CO)n[nH]c1=S)c1ccccc1. The number of aliphatic hydroxyl groups excluding tert-OH is 1. The largest absolute Gasteiger partial charge is 0.388 e. The molecule has 114 valence electrons. The van der Waals surface area contributed by atoms with Crippen molar-refractivity contribution < 1.29 is 5.11 Å². The van der Waals surface area contributed by atoms with E-state index in [0.717, 1.165) is 13.1 Å². The number of aromatic amines is 1. The van der Waals surface area contributed by atoms with Gasteiger partial charge in [-0.3, -0.25) is 10.00 Å². The summed E-state index contributed by atoms with van der Waals surface area (Å²) in [6.45, 7) is 6.78. The molecule has 0 bridgehead atoms. The number of H-pyrrole nitrogens is 1. The minimum Gasteiger partial charge on any atom is -0.388 e. The predicted octanol–water partition coefficient (Wildman–Crippen LogP) is 2.52. The summed E-state index contributed by atoms with van der Waals surface area (Å²) in [5.74, 6) is 0.577. The Morgan fingerprint density at radius 2 is 1.95 bits per heavy atom. The van der Waals surface area contributed by atoms with Crippen LogP contribution in [0.15, 0.2) is 30.3 Å². The molecule has 2 N–H and O–H groups in total. The number of hydrogen-bond donors (Lipinski definition) is 2. The summed E-state index contributed by atoms with van der Waals surface area (Å²) in [7, 11) is 0. The zero-order valence-corrected chi connectivity index (χ0v) is 13.3. The standard InChI is InChI=1S/C15H22N4OS/c1-3-18(4-2)13(12-8-6-5-7-9-12)10-19-14(11-20)16-17-15(19)21/h5-9,13,20H,3-4,10-11H2,1-2H3,(H,17,21). The molecule has 21 heavy (non-hydrogen) atoms. The molecule has 2 aromatic rings. The first kappa shape index (κ1) is 15.9. The van der Waals surface area contributed by atoms with E-state index in [4.69, 9.17) is 12.2 Å². The predicted molar refractivity (Wildman–Crippen MR) is 85.4 cm³/mol. The first-order valence-corrected chi connectivity index (χ1v) is 7.66. The van der Waals surface area contributed by atoms with Crippen molar-refractivity contribution in [1.29, 1.82) is 0 Å². The lowest BCUT2D eigenvalue weighted by Crippen LogP contribution is -2.32. The number of aromatic nitrogens is 3. The fourth-order valence-corrected chi connectivity index (χ4v) is 2.83. The Hall–Kier alpha value is -1.50. The first-order chi connectivity index (χ1) is 10.2. The van der Waals surface area contributed by atoms with Crippen LogP contribution in [0.25, 0.3) is 0 Å². The summed E-state index contributed by atoms with van der Waals surface area (Å²) in [5.41, 5.74) is 1.24. The quantitative estimate of drug-likeness (QED) is 0.772. The van der Waals surface area contributed by atoms with Gasteiger partial charge in [-0.1, -0.05) is 44.2 Å². The van der Waals surface area contributed by atoms with Crippen LogP contribution in [0.2, 0.25) is 0 Å². The van der Waals surface area contributed by atoms with Crippen molar-refractivity contribution in [2.24, 2.45) is 0 Å². The second kappa shape index (κ2) is 7.49. The number of aliphatic hydroxyl groups is 1. The van der Waals surface area contributed by atoms with Crippen molar-refractivity contribution in [1.82, 2.24) is 19.7 Å². The summed E-state index contributed by atoms with van der Waals surface area (Å²) in [5, 5.41) is 16.2. The highest BCUT2D eigenvalue weighted by Crippen LogP contribution is 2.23. The third kappa shape index (κ3) is 3.58. The van der Waals surface area contributed by atoms with Crippen molar-refractivity contribution in [2.75, 3.05) is 13.1 Å². The second-order valence-corrected chi connectivity index (χ2v) is 5.25. The smallest absolute Gasteiger partial charge is 0.195 e. The molecule has 5 nitrogen and oxygen atoms in total. The van der Waals surface area contributed by atoms with Crippen LogP contribution in [-0.2, 0) is 13.2 Å². The molecule has 0 saturated heterocycles. The average Bonchev–Trinajstić information content (AvgIpc) is 2.88. The number of nitrogens with one attached hydrogen (secondary N) is 1. The van der Waals surface area contributed by atoms with Crippen LogP contribution < -0.4 is 0 Å². The third-order valence-electron chi connectivity index (χ3n) is 3.77. The van der Waals surface area contributed by atoms with Crippen molar-refractivity contribution in [3.8, 4) is 0 Å². The topological polar surface area (TPSA) is 57.1 Å². The molecule has 0 aliphatic rings. The molecular formula is C15H22N4OS. The summed E-state index contributed by atoms with van der Waals surface area (Å²) < 4.78 is 2.43. The van der Waals surface area contributed by atoms with Crippen LogP contribution in [-0.4, -0.2) is 37.9 Å². The number of likely N-dealkylation sites (N-methyl/N-ethyl adjacent to an activating group) is 1. The normalized spacial score (nSPS) is 12.8. The summed E-state index contributed by atoms with van der Waals surface area (Å²) in [4.78, 5) is 2.38. The van der Waals surface area contributed by atoms with E-state index in [-0.39, 0.29) is 12.6 Å². The van der Waals surface area contributed by atoms with Crippen molar-refractivity contribution in [3.63, 3.8) is 0 Å². The Morgan fingerprint density at radius 3 is 2.52 bits per heavy atom. The lowest BCUT2D eigenvalue weighted by atomic mass is 10.0. The number of hydrogen-bond acceptors (Lipinski definition) is 4. The van der Waals surface area contributed by atoms with Gasteiger partial charge in [0.2, 0.25) is 0 Å². The van der Waals surface area contributed by atoms with Gasteiger partial charge in [0.25, 0.3) is 0 Å². The molecule has 1 atom stereocenters. The van der Waals surface area contributed by atoms with Gasteiger partial charge < -0.3 is 9.67 Å². The van der Waals surface area contributed by atoms with E-state index >= 15 is 0 Å². The maximum Gasteiger partial charge on any atom is 0.195 e. The van der Waals surface area contributed by atoms with Gasteiger partial charge in [0, 0.05) is 6.54 Å². The molecule has 2 rings (SSSR count). The van der Waals surface area contributed by atoms with E-state index in [0.29, 0.717) is 17.1 Å². The number of benzene rings is 1. The Kier molecular flexibility index (Phi) is 5.67. The van der Waals surface area contributed by atoms with E-state index < -0.39 is 0 Å². The highest BCUT2D eigenvalue weighted by Gasteiger charge is 2.20. The lowest BCUT2D eigenvalue weighted by molar-refractivity contribution is 0.191. The zero-order chi connectivity index (χ0) is 15.2. The number of nitrogens with zero attached hydrogens (tertiary/aromatic N) is 3. The van der Waals surface area contributed by atoms with Gasteiger partial charge in [0.1, 0.15) is 6.61 Å². The maximum atomic E-state index is 9.40. The Balaban J connectivity index is 2.36. The zero-order valence-electron chi connectivity index (χ0n) is 12.5. The molecule has 1 unspecified atom stereocenters.